The average molecular weight is 131 g/mol. The van der Waals surface area contributed by atoms with Crippen molar-refractivity contribution in [3.05, 3.63) is 42.3 Å². The van der Waals surface area contributed by atoms with Crippen molar-refractivity contribution < 1.29 is 4.79 Å². The van der Waals surface area contributed by atoms with Crippen LogP contribution in [0.15, 0.2) is 24.3 Å². The van der Waals surface area contributed by atoms with Crippen molar-refractivity contribution in [1.82, 2.24) is 0 Å². The van der Waals surface area contributed by atoms with E-state index in [0.29, 0.717) is 12.0 Å². The van der Waals surface area contributed by atoms with Gasteiger partial charge in [0.05, 0.1) is 0 Å². The first-order valence-corrected chi connectivity index (χ1v) is 3.02. The number of hydrogen-bond donors (Lipinski definition) is 0. The monoisotopic (exact) mass is 131 g/mol. The van der Waals surface area contributed by atoms with Crippen LogP contribution in [0.2, 0.25) is 0 Å². The highest BCUT2D eigenvalue weighted by atomic mass is 16.1. The Morgan fingerprint density at radius 2 is 2.30 bits per heavy atom. The summed E-state index contributed by atoms with van der Waals surface area (Å²) in [7, 11) is 0. The molecule has 0 aromatic heterocycles. The Balaban J connectivity index is 2.84. The number of rotatable bonds is 2. The molecule has 0 aliphatic heterocycles. The van der Waals surface area contributed by atoms with E-state index in [9.17, 15) is 4.79 Å². The normalized spacial score (nSPS) is 9.30. The van der Waals surface area contributed by atoms with E-state index in [1.54, 1.807) is 18.4 Å². The Morgan fingerprint density at radius 1 is 1.50 bits per heavy atom. The highest BCUT2D eigenvalue weighted by molar-refractivity contribution is 5.55. The maximum Gasteiger partial charge on any atom is 0.203 e. The fraction of sp³-hybridized carbons (Fsp3) is 0.111. The summed E-state index contributed by atoms with van der Waals surface area (Å²) in [6, 6.07) is 7.22. The predicted octanol–water partition coefficient (Wildman–Crippen LogP) is 1.40. The molecule has 0 spiro atoms. The highest BCUT2D eigenvalue weighted by Gasteiger charge is 1.90. The van der Waals surface area contributed by atoms with Gasteiger partial charge >= 0.3 is 0 Å². The van der Waals surface area contributed by atoms with E-state index < -0.39 is 0 Å². The van der Waals surface area contributed by atoms with Crippen LogP contribution in [0.25, 0.3) is 0 Å². The molecule has 1 nitrogen and oxygen atoms in total. The largest absolute Gasteiger partial charge is 0.291 e. The van der Waals surface area contributed by atoms with Gasteiger partial charge in [0.25, 0.3) is 0 Å². The zero-order valence-electron chi connectivity index (χ0n) is 5.50. The van der Waals surface area contributed by atoms with Crippen molar-refractivity contribution >= 4 is 6.29 Å². The summed E-state index contributed by atoms with van der Waals surface area (Å²) in [4.78, 5) is 9.92. The quantitative estimate of drug-likeness (QED) is 0.593. The van der Waals surface area contributed by atoms with E-state index in [4.69, 9.17) is 6.92 Å². The lowest BCUT2D eigenvalue weighted by Crippen LogP contribution is -1.84. The topological polar surface area (TPSA) is 17.1 Å². The van der Waals surface area contributed by atoms with Crippen molar-refractivity contribution in [2.75, 3.05) is 0 Å². The lowest BCUT2D eigenvalue weighted by molar-refractivity contribution is 0.555. The second-order valence-corrected chi connectivity index (χ2v) is 2.07. The average Bonchev–Trinajstić information content (AvgIpc) is 1.88. The standard InChI is InChI=1S/C9H7O/c1-8-3-2-4-9(7-8)5-6-10/h1-4,7H,5H2. The highest BCUT2D eigenvalue weighted by Crippen LogP contribution is 2.02. The summed E-state index contributed by atoms with van der Waals surface area (Å²) in [5, 5.41) is 0. The maximum absolute atomic E-state index is 9.92. The molecule has 0 saturated heterocycles. The molecule has 0 saturated carbocycles. The number of benzene rings is 1. The van der Waals surface area contributed by atoms with Crippen LogP contribution in [-0.2, 0) is 11.2 Å². The van der Waals surface area contributed by atoms with Crippen LogP contribution in [0.4, 0.5) is 0 Å². The lowest BCUT2D eigenvalue weighted by Gasteiger charge is -1.94. The van der Waals surface area contributed by atoms with E-state index >= 15 is 0 Å². The fourth-order valence-corrected chi connectivity index (χ4v) is 0.786. The first-order valence-electron chi connectivity index (χ1n) is 3.02. The van der Waals surface area contributed by atoms with Gasteiger partial charge in [0.1, 0.15) is 0 Å². The molecule has 0 amide bonds. The van der Waals surface area contributed by atoms with Crippen LogP contribution >= 0.6 is 0 Å². The zero-order valence-corrected chi connectivity index (χ0v) is 5.50. The van der Waals surface area contributed by atoms with Gasteiger partial charge in [-0.15, -0.1) is 0 Å². The van der Waals surface area contributed by atoms with Crippen molar-refractivity contribution in [2.24, 2.45) is 0 Å². The van der Waals surface area contributed by atoms with E-state index in [1.165, 1.54) is 0 Å². The Labute approximate surface area is 60.7 Å². The number of carbonyl (C=O) groups excluding carboxylic acids is 1. The third-order valence-electron chi connectivity index (χ3n) is 1.23. The van der Waals surface area contributed by atoms with Crippen molar-refractivity contribution in [3.8, 4) is 0 Å². The Morgan fingerprint density at radius 3 is 2.90 bits per heavy atom. The second-order valence-electron chi connectivity index (χ2n) is 2.07. The van der Waals surface area contributed by atoms with Crippen LogP contribution in [0, 0.1) is 6.92 Å². The van der Waals surface area contributed by atoms with Crippen LogP contribution in [0.5, 0.6) is 0 Å². The molecule has 3 radical (unpaired) electrons. The van der Waals surface area contributed by atoms with Crippen LogP contribution in [-0.4, -0.2) is 6.29 Å². The minimum absolute atomic E-state index is 0.324. The van der Waals surface area contributed by atoms with E-state index in [1.807, 2.05) is 12.1 Å². The molecule has 0 atom stereocenters. The van der Waals surface area contributed by atoms with Crippen LogP contribution in [0.3, 0.4) is 0 Å². The first-order chi connectivity index (χ1) is 4.83. The van der Waals surface area contributed by atoms with Gasteiger partial charge in [0.15, 0.2) is 0 Å². The van der Waals surface area contributed by atoms with Crippen molar-refractivity contribution in [1.29, 1.82) is 0 Å². The molecule has 0 aliphatic carbocycles. The maximum atomic E-state index is 9.92. The van der Waals surface area contributed by atoms with Crippen molar-refractivity contribution in [2.45, 2.75) is 6.42 Å². The minimum Gasteiger partial charge on any atom is -0.291 e. The summed E-state index contributed by atoms with van der Waals surface area (Å²) in [6.07, 6.45) is 2.13. The molecule has 1 aromatic rings. The SMILES string of the molecule is [CH]c1cccc(C[C]=O)c1. The first kappa shape index (κ1) is 7.00. The van der Waals surface area contributed by atoms with E-state index in [-0.39, 0.29) is 0 Å². The van der Waals surface area contributed by atoms with Gasteiger partial charge in [-0.25, -0.2) is 0 Å². The number of hydrogen-bond acceptors (Lipinski definition) is 1. The summed E-state index contributed by atoms with van der Waals surface area (Å²) < 4.78 is 0. The molecule has 0 aliphatic rings. The Bertz CT molecular complexity index is 228. The van der Waals surface area contributed by atoms with Gasteiger partial charge in [-0.05, 0) is 18.1 Å². The molecule has 1 aromatic carbocycles. The molecular weight excluding hydrogens is 124 g/mol. The predicted molar refractivity (Wildman–Crippen MR) is 39.2 cm³/mol. The van der Waals surface area contributed by atoms with Crippen LogP contribution in [0.1, 0.15) is 11.1 Å². The summed E-state index contributed by atoms with van der Waals surface area (Å²) >= 11 is 0. The zero-order chi connectivity index (χ0) is 7.40. The van der Waals surface area contributed by atoms with Gasteiger partial charge in [-0.2, -0.15) is 0 Å². The van der Waals surface area contributed by atoms with E-state index in [2.05, 4.69) is 0 Å². The summed E-state index contributed by atoms with van der Waals surface area (Å²) in [6.45, 7) is 5.46. The van der Waals surface area contributed by atoms with Gasteiger partial charge in [0, 0.05) is 6.42 Å². The summed E-state index contributed by atoms with van der Waals surface area (Å²) in [5.41, 5.74) is 1.60. The molecule has 1 rings (SSSR count). The van der Waals surface area contributed by atoms with E-state index in [0.717, 1.165) is 5.56 Å². The molecule has 1 heteroatoms. The molecular formula is C9H7O. The third-order valence-corrected chi connectivity index (χ3v) is 1.23. The molecule has 0 N–H and O–H groups in total. The Kier molecular flexibility index (Phi) is 2.21. The molecule has 0 heterocycles. The molecule has 10 heavy (non-hydrogen) atoms. The Hall–Kier alpha value is -1.11. The molecule has 0 unspecified atom stereocenters. The van der Waals surface area contributed by atoms with Crippen LogP contribution < -0.4 is 0 Å². The molecule has 0 bridgehead atoms. The van der Waals surface area contributed by atoms with Gasteiger partial charge in [0.2, 0.25) is 6.29 Å². The lowest BCUT2D eigenvalue weighted by atomic mass is 10.1. The molecule has 0 fully saturated rings. The third kappa shape index (κ3) is 1.69. The fourth-order valence-electron chi connectivity index (χ4n) is 0.786. The minimum atomic E-state index is 0.324. The smallest absolute Gasteiger partial charge is 0.203 e. The van der Waals surface area contributed by atoms with Crippen molar-refractivity contribution in [3.63, 3.8) is 0 Å². The second kappa shape index (κ2) is 3.16. The van der Waals surface area contributed by atoms with Gasteiger partial charge < -0.3 is 0 Å². The van der Waals surface area contributed by atoms with Gasteiger partial charge in [-0.3, -0.25) is 4.79 Å². The van der Waals surface area contributed by atoms with Gasteiger partial charge in [-0.1, -0.05) is 24.3 Å². The summed E-state index contributed by atoms with van der Waals surface area (Å²) in [5.74, 6) is 0. The molecule has 49 valence electrons.